The molecule has 0 atom stereocenters. The van der Waals surface area contributed by atoms with E-state index in [1.165, 1.54) is 31.0 Å². The summed E-state index contributed by atoms with van der Waals surface area (Å²) in [5, 5.41) is 12.7. The van der Waals surface area contributed by atoms with E-state index >= 15 is 0 Å². The number of nitrogens with one attached hydrogen (secondary N) is 1. The summed E-state index contributed by atoms with van der Waals surface area (Å²) in [6.07, 6.45) is -0.0232. The lowest BCUT2D eigenvalue weighted by Crippen LogP contribution is -2.24. The number of ether oxygens (including phenoxy) is 3. The van der Waals surface area contributed by atoms with Gasteiger partial charge < -0.3 is 19.5 Å². The molecule has 1 amide bonds. The molecule has 0 saturated carbocycles. The van der Waals surface area contributed by atoms with Crippen LogP contribution in [0.1, 0.15) is 36.0 Å². The topological polar surface area (TPSA) is 92.9 Å². The smallest absolute Gasteiger partial charge is 0.420 e. The van der Waals surface area contributed by atoms with E-state index in [0.29, 0.717) is 28.1 Å². The highest BCUT2D eigenvalue weighted by Crippen LogP contribution is 2.41. The van der Waals surface area contributed by atoms with Gasteiger partial charge >= 0.3 is 6.18 Å². The van der Waals surface area contributed by atoms with Crippen molar-refractivity contribution in [3.05, 3.63) is 58.0 Å². The van der Waals surface area contributed by atoms with Crippen molar-refractivity contribution < 1.29 is 32.2 Å². The molecule has 2 aliphatic rings. The second-order valence-corrected chi connectivity index (χ2v) is 9.47. The molecule has 1 saturated heterocycles. The summed E-state index contributed by atoms with van der Waals surface area (Å²) in [4.78, 5) is 16.9. The van der Waals surface area contributed by atoms with E-state index < -0.39 is 17.5 Å². The maximum Gasteiger partial charge on any atom is 0.420 e. The van der Waals surface area contributed by atoms with Crippen LogP contribution in [0, 0.1) is 17.2 Å². The first kappa shape index (κ1) is 26.6. The molecular weight excluding hydrogens is 507 g/mol. The molecule has 0 aliphatic carbocycles. The summed E-state index contributed by atoms with van der Waals surface area (Å²) in [5.41, 5.74) is -0.608. The van der Waals surface area contributed by atoms with Gasteiger partial charge in [-0.05, 0) is 78.9 Å². The standard InChI is InChI=1S/C26H24F3N3O4S/c1-34-22-13-17(2-5-21(22)36-20-4-3-18(15-30)12-19(20)26(27,28)29)14-23-24(33)32-25(37-23)31-9-6-16-7-10-35-11-8-16/h2-5,12-14,16H,6-11H2,1H3,(H,31,32,33). The number of carbonyl (C=O) groups is 1. The average Bonchev–Trinajstić information content (AvgIpc) is 3.23. The van der Waals surface area contributed by atoms with Crippen LogP contribution in [0.5, 0.6) is 17.2 Å². The minimum Gasteiger partial charge on any atom is -0.493 e. The van der Waals surface area contributed by atoms with Crippen LogP contribution in [0.4, 0.5) is 13.2 Å². The van der Waals surface area contributed by atoms with Gasteiger partial charge in [-0.15, -0.1) is 0 Å². The zero-order valence-electron chi connectivity index (χ0n) is 19.9. The SMILES string of the molecule is COc1cc(C=C2SC(NCCC3CCOCC3)=NC2=O)ccc1Oc1ccc(C#N)cc1C(F)(F)F. The number of amides is 1. The first-order valence-corrected chi connectivity index (χ1v) is 12.4. The van der Waals surface area contributed by atoms with E-state index in [1.807, 2.05) is 0 Å². The molecule has 0 radical (unpaired) electrons. The molecule has 1 N–H and O–H groups in total. The first-order valence-electron chi connectivity index (χ1n) is 11.6. The summed E-state index contributed by atoms with van der Waals surface area (Å²) in [6, 6.07) is 9.39. The number of thioether (sulfide) groups is 1. The Bertz CT molecular complexity index is 1260. The predicted octanol–water partition coefficient (Wildman–Crippen LogP) is 5.75. The number of nitriles is 1. The largest absolute Gasteiger partial charge is 0.493 e. The quantitative estimate of drug-likeness (QED) is 0.455. The Labute approximate surface area is 216 Å². The molecule has 2 heterocycles. The summed E-state index contributed by atoms with van der Waals surface area (Å²) >= 11 is 1.23. The van der Waals surface area contributed by atoms with E-state index in [4.69, 9.17) is 19.5 Å². The Kier molecular flexibility index (Phi) is 8.41. The molecule has 0 spiro atoms. The number of amidine groups is 1. The van der Waals surface area contributed by atoms with Crippen molar-refractivity contribution in [3.63, 3.8) is 0 Å². The highest BCUT2D eigenvalue weighted by molar-refractivity contribution is 8.18. The monoisotopic (exact) mass is 531 g/mol. The van der Waals surface area contributed by atoms with Gasteiger partial charge in [0.1, 0.15) is 5.75 Å². The van der Waals surface area contributed by atoms with Crippen LogP contribution >= 0.6 is 11.8 Å². The molecule has 37 heavy (non-hydrogen) atoms. The van der Waals surface area contributed by atoms with Crippen LogP contribution in [0.25, 0.3) is 6.08 Å². The van der Waals surface area contributed by atoms with Gasteiger partial charge in [0.05, 0.1) is 29.2 Å². The maximum atomic E-state index is 13.5. The molecule has 1 fully saturated rings. The first-order chi connectivity index (χ1) is 17.8. The third kappa shape index (κ3) is 6.84. The van der Waals surface area contributed by atoms with Crippen LogP contribution in [0.15, 0.2) is 46.3 Å². The lowest BCUT2D eigenvalue weighted by molar-refractivity contribution is -0.138. The fraction of sp³-hybridized carbons (Fsp3) is 0.346. The van der Waals surface area contributed by atoms with Crippen LogP contribution in [0.3, 0.4) is 0 Å². The Morgan fingerprint density at radius 2 is 1.95 bits per heavy atom. The number of rotatable bonds is 7. The van der Waals surface area contributed by atoms with Gasteiger partial charge in [0, 0.05) is 19.8 Å². The number of aliphatic imine (C=N–C) groups is 1. The summed E-state index contributed by atoms with van der Waals surface area (Å²) < 4.78 is 56.7. The van der Waals surface area contributed by atoms with Gasteiger partial charge in [0.15, 0.2) is 16.7 Å². The lowest BCUT2D eigenvalue weighted by atomic mass is 9.97. The molecular formula is C26H24F3N3O4S. The van der Waals surface area contributed by atoms with Crippen molar-refractivity contribution >= 4 is 28.9 Å². The number of halogens is 3. The van der Waals surface area contributed by atoms with Crippen molar-refractivity contribution in [2.75, 3.05) is 26.9 Å². The summed E-state index contributed by atoms with van der Waals surface area (Å²) in [7, 11) is 1.36. The van der Waals surface area contributed by atoms with E-state index in [-0.39, 0.29) is 23.0 Å². The second kappa shape index (κ2) is 11.7. The van der Waals surface area contributed by atoms with E-state index in [9.17, 15) is 18.0 Å². The molecule has 0 unspecified atom stereocenters. The molecule has 194 valence electrons. The molecule has 7 nitrogen and oxygen atoms in total. The number of methoxy groups -OCH3 is 1. The molecule has 0 bridgehead atoms. The highest BCUT2D eigenvalue weighted by Gasteiger charge is 2.35. The normalized spacial score (nSPS) is 17.4. The number of hydrogen-bond acceptors (Lipinski definition) is 7. The van der Waals surface area contributed by atoms with Crippen molar-refractivity contribution in [1.29, 1.82) is 5.26 Å². The Balaban J connectivity index is 1.44. The molecule has 0 aromatic heterocycles. The third-order valence-electron chi connectivity index (χ3n) is 5.91. The van der Waals surface area contributed by atoms with Gasteiger partial charge in [-0.25, -0.2) is 0 Å². The third-order valence-corrected chi connectivity index (χ3v) is 6.85. The number of benzene rings is 2. The summed E-state index contributed by atoms with van der Waals surface area (Å²) in [5.74, 6) is 0.00575. The zero-order valence-corrected chi connectivity index (χ0v) is 20.7. The second-order valence-electron chi connectivity index (χ2n) is 8.44. The van der Waals surface area contributed by atoms with Crippen molar-refractivity contribution in [2.45, 2.75) is 25.4 Å². The number of carbonyl (C=O) groups excluding carboxylic acids is 1. The number of nitrogens with zero attached hydrogens (tertiary/aromatic N) is 2. The number of hydrogen-bond donors (Lipinski definition) is 1. The highest BCUT2D eigenvalue weighted by atomic mass is 32.2. The van der Waals surface area contributed by atoms with E-state index in [0.717, 1.165) is 44.6 Å². The minimum absolute atomic E-state index is 0.0528. The lowest BCUT2D eigenvalue weighted by Gasteiger charge is -2.21. The number of alkyl halides is 3. The van der Waals surface area contributed by atoms with Gasteiger partial charge in [-0.3, -0.25) is 4.79 Å². The predicted molar refractivity (Wildman–Crippen MR) is 133 cm³/mol. The average molecular weight is 532 g/mol. The molecule has 2 aliphatic heterocycles. The van der Waals surface area contributed by atoms with Crippen LogP contribution in [-0.4, -0.2) is 37.9 Å². The Morgan fingerprint density at radius 1 is 1.19 bits per heavy atom. The van der Waals surface area contributed by atoms with Gasteiger partial charge in [-0.1, -0.05) is 6.07 Å². The van der Waals surface area contributed by atoms with Crippen molar-refractivity contribution in [3.8, 4) is 23.3 Å². The van der Waals surface area contributed by atoms with E-state index in [2.05, 4.69) is 10.3 Å². The molecule has 11 heteroatoms. The Hall–Kier alpha value is -3.49. The van der Waals surface area contributed by atoms with Crippen molar-refractivity contribution in [2.24, 2.45) is 10.9 Å². The molecule has 4 rings (SSSR count). The van der Waals surface area contributed by atoms with Gasteiger partial charge in [-0.2, -0.15) is 23.4 Å². The van der Waals surface area contributed by atoms with Gasteiger partial charge in [0.25, 0.3) is 5.91 Å². The summed E-state index contributed by atoms with van der Waals surface area (Å²) in [6.45, 7) is 2.29. The van der Waals surface area contributed by atoms with Crippen LogP contribution in [0.2, 0.25) is 0 Å². The fourth-order valence-corrected chi connectivity index (χ4v) is 4.78. The Morgan fingerprint density at radius 3 is 2.65 bits per heavy atom. The van der Waals surface area contributed by atoms with Crippen LogP contribution < -0.4 is 14.8 Å². The molecule has 2 aromatic carbocycles. The maximum absolute atomic E-state index is 13.5. The molecule has 2 aromatic rings. The zero-order chi connectivity index (χ0) is 26.4. The minimum atomic E-state index is -4.71. The van der Waals surface area contributed by atoms with Gasteiger partial charge in [0.2, 0.25) is 0 Å². The van der Waals surface area contributed by atoms with Crippen molar-refractivity contribution in [1.82, 2.24) is 5.32 Å². The van der Waals surface area contributed by atoms with Crippen LogP contribution in [-0.2, 0) is 15.7 Å². The van der Waals surface area contributed by atoms with E-state index in [1.54, 1.807) is 24.3 Å². The fourth-order valence-electron chi connectivity index (χ4n) is 3.94.